The van der Waals surface area contributed by atoms with Crippen molar-refractivity contribution in [1.82, 2.24) is 0 Å². The van der Waals surface area contributed by atoms with Gasteiger partial charge in [0, 0.05) is 5.69 Å². The third-order valence-corrected chi connectivity index (χ3v) is 5.94. The molecule has 0 fully saturated rings. The van der Waals surface area contributed by atoms with Gasteiger partial charge in [0.05, 0.1) is 17.2 Å². The van der Waals surface area contributed by atoms with E-state index in [1.807, 2.05) is 11.8 Å². The summed E-state index contributed by atoms with van der Waals surface area (Å²) in [6.07, 6.45) is 2.83. The molecule has 1 aromatic rings. The van der Waals surface area contributed by atoms with Crippen molar-refractivity contribution < 1.29 is 23.1 Å². The van der Waals surface area contributed by atoms with Crippen molar-refractivity contribution in [2.24, 2.45) is 0 Å². The number of carbonyl (C=O) groups excluding carboxylic acids is 1. The van der Waals surface area contributed by atoms with Gasteiger partial charge in [0.1, 0.15) is 5.60 Å². The lowest BCUT2D eigenvalue weighted by atomic mass is 9.96. The summed E-state index contributed by atoms with van der Waals surface area (Å²) < 4.78 is 39.1. The first-order chi connectivity index (χ1) is 14.1. The maximum Gasteiger partial charge on any atom is 0.417 e. The van der Waals surface area contributed by atoms with E-state index in [-0.39, 0.29) is 12.1 Å². The van der Waals surface area contributed by atoms with Gasteiger partial charge in [-0.1, -0.05) is 39.0 Å². The van der Waals surface area contributed by atoms with Gasteiger partial charge in [0.25, 0.3) is 5.91 Å². The molecule has 0 saturated carbocycles. The molecule has 0 radical (unpaired) electrons. The molecule has 0 aliphatic rings. The maximum atomic E-state index is 13.0. The molecule has 0 aliphatic carbocycles. The third-order valence-electron chi connectivity index (χ3n) is 4.79. The van der Waals surface area contributed by atoms with Gasteiger partial charge in [-0.15, -0.1) is 0 Å². The van der Waals surface area contributed by atoms with Gasteiger partial charge in [0.15, 0.2) is 0 Å². The predicted molar refractivity (Wildman–Crippen MR) is 115 cm³/mol. The number of anilines is 1. The van der Waals surface area contributed by atoms with Gasteiger partial charge >= 0.3 is 6.18 Å². The highest BCUT2D eigenvalue weighted by Gasteiger charge is 2.35. The topological polar surface area (TPSA) is 73.1 Å². The van der Waals surface area contributed by atoms with Crippen LogP contribution < -0.4 is 5.32 Å². The number of hydrogen-bond donors (Lipinski definition) is 2. The number of nitrogens with zero attached hydrogens (tertiary/aromatic N) is 1. The number of unbranched alkanes of at least 4 members (excludes halogenated alkanes) is 5. The van der Waals surface area contributed by atoms with Crippen LogP contribution in [0.3, 0.4) is 0 Å². The number of hydrogen-bond acceptors (Lipinski definition) is 4. The highest BCUT2D eigenvalue weighted by Crippen LogP contribution is 2.33. The number of alkyl halides is 3. The lowest BCUT2D eigenvalue weighted by molar-refractivity contribution is -0.138. The molecule has 1 amide bonds. The molecular weight excluding hydrogens is 413 g/mol. The predicted octanol–water partition coefficient (Wildman–Crippen LogP) is 6.14. The van der Waals surface area contributed by atoms with E-state index in [9.17, 15) is 23.1 Å². The molecule has 1 rings (SSSR count). The van der Waals surface area contributed by atoms with Crippen LogP contribution in [-0.2, 0) is 11.0 Å². The summed E-state index contributed by atoms with van der Waals surface area (Å²) in [5, 5.41) is 21.6. The van der Waals surface area contributed by atoms with Gasteiger partial charge in [-0.05, 0) is 55.9 Å². The van der Waals surface area contributed by atoms with E-state index >= 15 is 0 Å². The van der Waals surface area contributed by atoms with Crippen LogP contribution in [0.1, 0.15) is 76.3 Å². The van der Waals surface area contributed by atoms with Crippen LogP contribution >= 0.6 is 11.8 Å². The van der Waals surface area contributed by atoms with Crippen molar-refractivity contribution in [2.45, 2.75) is 77.0 Å². The summed E-state index contributed by atoms with van der Waals surface area (Å²) in [7, 11) is 0. The fraction of sp³-hybridized carbons (Fsp3) is 0.636. The molecule has 1 aromatic carbocycles. The average Bonchev–Trinajstić information content (AvgIpc) is 2.68. The molecule has 4 nitrogen and oxygen atoms in total. The molecule has 8 heteroatoms. The fourth-order valence-corrected chi connectivity index (χ4v) is 3.99. The third kappa shape index (κ3) is 9.40. The minimum atomic E-state index is -4.71. The van der Waals surface area contributed by atoms with Crippen molar-refractivity contribution in [3.05, 3.63) is 29.3 Å². The highest BCUT2D eigenvalue weighted by molar-refractivity contribution is 7.99. The molecule has 0 saturated heterocycles. The number of carbonyl (C=O) groups is 1. The zero-order valence-electron chi connectivity index (χ0n) is 17.6. The van der Waals surface area contributed by atoms with Crippen LogP contribution in [0.15, 0.2) is 18.2 Å². The second-order valence-corrected chi connectivity index (χ2v) is 8.81. The smallest absolute Gasteiger partial charge is 0.380 e. The number of aliphatic hydroxyl groups is 1. The van der Waals surface area contributed by atoms with Gasteiger partial charge in [0.2, 0.25) is 0 Å². The Hall–Kier alpha value is -1.72. The van der Waals surface area contributed by atoms with Crippen molar-refractivity contribution >= 4 is 23.4 Å². The number of thioether (sulfide) groups is 1. The Balaban J connectivity index is 2.43. The maximum absolute atomic E-state index is 13.0. The fourth-order valence-electron chi connectivity index (χ4n) is 2.89. The Bertz CT molecular complexity index is 715. The zero-order valence-corrected chi connectivity index (χ0v) is 18.5. The van der Waals surface area contributed by atoms with E-state index in [4.69, 9.17) is 5.26 Å². The Labute approximate surface area is 181 Å². The monoisotopic (exact) mass is 444 g/mol. The SMILES string of the molecule is CCCCSCCCCCCC[C@](C)(O)C(=O)Nc1ccc(C#N)c(C(F)(F)F)c1. The number of nitriles is 1. The first kappa shape index (κ1) is 26.3. The van der Waals surface area contributed by atoms with E-state index in [1.165, 1.54) is 37.7 Å². The molecule has 168 valence electrons. The van der Waals surface area contributed by atoms with E-state index in [1.54, 1.807) is 0 Å². The molecule has 2 N–H and O–H groups in total. The largest absolute Gasteiger partial charge is 0.417 e. The summed E-state index contributed by atoms with van der Waals surface area (Å²) in [5.74, 6) is 1.61. The van der Waals surface area contributed by atoms with Gasteiger partial charge < -0.3 is 10.4 Å². The molecule has 0 spiro atoms. The number of rotatable bonds is 13. The van der Waals surface area contributed by atoms with Gasteiger partial charge in [-0.3, -0.25) is 4.79 Å². The standard InChI is InChI=1S/C22H31F3N2O2S/c1-3-4-13-30-14-9-7-5-6-8-12-21(2,29)20(28)27-18-11-10-17(16-26)19(15-18)22(23,24)25/h10-11,15,29H,3-9,12-14H2,1-2H3,(H,27,28)/t21-/m0/s1. The van der Waals surface area contributed by atoms with Gasteiger partial charge in [-0.2, -0.15) is 30.2 Å². The van der Waals surface area contributed by atoms with E-state index in [0.29, 0.717) is 12.5 Å². The van der Waals surface area contributed by atoms with Crippen molar-refractivity contribution in [2.75, 3.05) is 16.8 Å². The Morgan fingerprint density at radius 1 is 1.13 bits per heavy atom. The number of nitrogens with one attached hydrogen (secondary N) is 1. The van der Waals surface area contributed by atoms with Crippen molar-refractivity contribution in [3.63, 3.8) is 0 Å². The first-order valence-electron chi connectivity index (χ1n) is 10.3. The molecule has 0 unspecified atom stereocenters. The summed E-state index contributed by atoms with van der Waals surface area (Å²) in [6.45, 7) is 3.54. The van der Waals surface area contributed by atoms with E-state index in [0.717, 1.165) is 37.5 Å². The van der Waals surface area contributed by atoms with Crippen molar-refractivity contribution in [1.29, 1.82) is 5.26 Å². The zero-order chi connectivity index (χ0) is 22.6. The second-order valence-electron chi connectivity index (χ2n) is 7.58. The Morgan fingerprint density at radius 3 is 2.40 bits per heavy atom. The van der Waals surface area contributed by atoms with Crippen LogP contribution in [0.25, 0.3) is 0 Å². The van der Waals surface area contributed by atoms with E-state index < -0.39 is 28.8 Å². The van der Waals surface area contributed by atoms with Crippen LogP contribution in [-0.4, -0.2) is 28.1 Å². The van der Waals surface area contributed by atoms with E-state index in [2.05, 4.69) is 12.2 Å². The minimum Gasteiger partial charge on any atom is -0.380 e. The molecule has 0 aliphatic heterocycles. The molecule has 0 bridgehead atoms. The highest BCUT2D eigenvalue weighted by atomic mass is 32.2. The minimum absolute atomic E-state index is 0.104. The van der Waals surface area contributed by atoms with Crippen LogP contribution in [0.5, 0.6) is 0 Å². The summed E-state index contributed by atoms with van der Waals surface area (Å²) in [6, 6.07) is 4.43. The summed E-state index contributed by atoms with van der Waals surface area (Å²) in [4.78, 5) is 12.3. The number of benzene rings is 1. The lowest BCUT2D eigenvalue weighted by Crippen LogP contribution is -2.40. The Morgan fingerprint density at radius 2 is 1.77 bits per heavy atom. The molecule has 30 heavy (non-hydrogen) atoms. The quantitative estimate of drug-likeness (QED) is 0.358. The second kappa shape index (κ2) is 12.9. The average molecular weight is 445 g/mol. The van der Waals surface area contributed by atoms with Crippen molar-refractivity contribution in [3.8, 4) is 6.07 Å². The normalized spacial score (nSPS) is 13.5. The molecule has 0 aromatic heterocycles. The Kier molecular flexibility index (Phi) is 11.3. The molecule has 1 atom stereocenters. The summed E-state index contributed by atoms with van der Waals surface area (Å²) >= 11 is 1.97. The summed E-state index contributed by atoms with van der Waals surface area (Å²) in [5.41, 5.74) is -3.42. The molecule has 0 heterocycles. The number of halogens is 3. The lowest BCUT2D eigenvalue weighted by Gasteiger charge is -2.22. The first-order valence-corrected chi connectivity index (χ1v) is 11.5. The number of amides is 1. The van der Waals surface area contributed by atoms with Crippen LogP contribution in [0.2, 0.25) is 0 Å². The van der Waals surface area contributed by atoms with Gasteiger partial charge in [-0.25, -0.2) is 0 Å². The van der Waals surface area contributed by atoms with Crippen LogP contribution in [0, 0.1) is 11.3 Å². The van der Waals surface area contributed by atoms with Crippen LogP contribution in [0.4, 0.5) is 18.9 Å². The molecular formula is C22H31F3N2O2S.